The van der Waals surface area contributed by atoms with Crippen LogP contribution in [0.15, 0.2) is 47.4 Å². The van der Waals surface area contributed by atoms with Crippen molar-refractivity contribution in [3.63, 3.8) is 0 Å². The topological polar surface area (TPSA) is 95.6 Å². The maximum absolute atomic E-state index is 13.0. The minimum Gasteiger partial charge on any atom is -0.327 e. The number of likely N-dealkylation sites (tertiary alicyclic amines) is 1. The molecule has 7 nitrogen and oxygen atoms in total. The second-order valence-electron chi connectivity index (χ2n) is 7.69. The van der Waals surface area contributed by atoms with Gasteiger partial charge >= 0.3 is 0 Å². The number of rotatable bonds is 6. The highest BCUT2D eigenvalue weighted by Gasteiger charge is 2.35. The van der Waals surface area contributed by atoms with Crippen molar-refractivity contribution in [2.24, 2.45) is 0 Å². The minimum atomic E-state index is -3.64. The second kappa shape index (κ2) is 8.78. The van der Waals surface area contributed by atoms with E-state index in [2.05, 4.69) is 10.0 Å². The molecule has 1 atom stereocenters. The summed E-state index contributed by atoms with van der Waals surface area (Å²) < 4.78 is 27.5. The van der Waals surface area contributed by atoms with Crippen LogP contribution in [-0.2, 0) is 14.8 Å². The molecule has 1 saturated heterocycles. The van der Waals surface area contributed by atoms with Gasteiger partial charge in [-0.3, -0.25) is 9.59 Å². The molecule has 2 aromatic rings. The molecule has 1 unspecified atom stereocenters. The zero-order valence-electron chi connectivity index (χ0n) is 16.5. The van der Waals surface area contributed by atoms with Gasteiger partial charge in [0.1, 0.15) is 6.04 Å². The van der Waals surface area contributed by atoms with Crippen molar-refractivity contribution in [2.45, 2.75) is 42.7 Å². The third kappa shape index (κ3) is 5.03. The van der Waals surface area contributed by atoms with E-state index in [1.807, 2.05) is 0 Å². The van der Waals surface area contributed by atoms with Crippen LogP contribution in [0.3, 0.4) is 0 Å². The van der Waals surface area contributed by atoms with Gasteiger partial charge < -0.3 is 10.2 Å². The summed E-state index contributed by atoms with van der Waals surface area (Å²) in [4.78, 5) is 27.5. The molecule has 2 amide bonds. The van der Waals surface area contributed by atoms with Gasteiger partial charge in [0.15, 0.2) is 0 Å². The van der Waals surface area contributed by atoms with E-state index in [4.69, 9.17) is 23.2 Å². The molecular weight excluding hydrogens is 461 g/mol. The number of nitrogens with zero attached hydrogens (tertiary/aromatic N) is 1. The quantitative estimate of drug-likeness (QED) is 0.657. The van der Waals surface area contributed by atoms with Crippen molar-refractivity contribution in [1.29, 1.82) is 0 Å². The number of amides is 2. The van der Waals surface area contributed by atoms with Gasteiger partial charge in [0.2, 0.25) is 15.9 Å². The molecule has 0 spiro atoms. The average molecular weight is 482 g/mol. The largest absolute Gasteiger partial charge is 0.327 e. The van der Waals surface area contributed by atoms with Crippen LogP contribution >= 0.6 is 23.2 Å². The van der Waals surface area contributed by atoms with E-state index in [0.717, 1.165) is 12.8 Å². The van der Waals surface area contributed by atoms with Crippen molar-refractivity contribution in [3.05, 3.63) is 58.1 Å². The van der Waals surface area contributed by atoms with Crippen LogP contribution in [0.25, 0.3) is 0 Å². The Balaban J connectivity index is 1.50. The summed E-state index contributed by atoms with van der Waals surface area (Å²) in [6.45, 7) is 0.416. The van der Waals surface area contributed by atoms with E-state index < -0.39 is 16.1 Å². The number of carbonyl (C=O) groups is 2. The van der Waals surface area contributed by atoms with Gasteiger partial charge in [-0.1, -0.05) is 29.3 Å². The van der Waals surface area contributed by atoms with Gasteiger partial charge in [-0.25, -0.2) is 13.1 Å². The van der Waals surface area contributed by atoms with Gasteiger partial charge in [-0.2, -0.15) is 0 Å². The zero-order chi connectivity index (χ0) is 22.2. The summed E-state index contributed by atoms with van der Waals surface area (Å²) in [6.07, 6.45) is 2.83. The fourth-order valence-electron chi connectivity index (χ4n) is 3.55. The lowest BCUT2D eigenvalue weighted by Crippen LogP contribution is -2.43. The van der Waals surface area contributed by atoms with Crippen LogP contribution in [-0.4, -0.2) is 43.8 Å². The number of halogens is 2. The number of carbonyl (C=O) groups excluding carboxylic acids is 2. The number of sulfonamides is 1. The van der Waals surface area contributed by atoms with Crippen LogP contribution in [0.5, 0.6) is 0 Å². The molecule has 0 bridgehead atoms. The van der Waals surface area contributed by atoms with Crippen LogP contribution in [0.4, 0.5) is 5.69 Å². The molecular formula is C21H21Cl2N3O4S. The third-order valence-corrected chi connectivity index (χ3v) is 7.37. The van der Waals surface area contributed by atoms with Crippen LogP contribution < -0.4 is 10.0 Å². The lowest BCUT2D eigenvalue weighted by atomic mass is 10.1. The lowest BCUT2D eigenvalue weighted by molar-refractivity contribution is -0.119. The Kier molecular flexibility index (Phi) is 6.25. The van der Waals surface area contributed by atoms with Gasteiger partial charge in [0, 0.05) is 23.3 Å². The maximum Gasteiger partial charge on any atom is 0.256 e. The highest BCUT2D eigenvalue weighted by Crippen LogP contribution is 2.27. The number of anilines is 1. The molecule has 1 aliphatic carbocycles. The van der Waals surface area contributed by atoms with Crippen molar-refractivity contribution in [1.82, 2.24) is 9.62 Å². The predicted octanol–water partition coefficient (Wildman–Crippen LogP) is 3.68. The fourth-order valence-corrected chi connectivity index (χ4v) is 5.27. The normalized spacial score (nSPS) is 18.8. The summed E-state index contributed by atoms with van der Waals surface area (Å²) >= 11 is 12.2. The summed E-state index contributed by atoms with van der Waals surface area (Å²) in [5.41, 5.74) is 0.594. The Morgan fingerprint density at radius 2 is 1.81 bits per heavy atom. The van der Waals surface area contributed by atoms with Crippen molar-refractivity contribution in [3.8, 4) is 0 Å². The number of hydrogen-bond donors (Lipinski definition) is 2. The van der Waals surface area contributed by atoms with E-state index >= 15 is 0 Å². The molecule has 2 fully saturated rings. The smallest absolute Gasteiger partial charge is 0.256 e. The van der Waals surface area contributed by atoms with E-state index in [9.17, 15) is 18.0 Å². The summed E-state index contributed by atoms with van der Waals surface area (Å²) in [6, 6.07) is 10.00. The van der Waals surface area contributed by atoms with E-state index in [1.165, 1.54) is 23.1 Å². The van der Waals surface area contributed by atoms with E-state index in [-0.39, 0.29) is 33.3 Å². The number of nitrogens with one attached hydrogen (secondary N) is 2. The van der Waals surface area contributed by atoms with Gasteiger partial charge in [0.25, 0.3) is 5.91 Å². The molecule has 0 radical (unpaired) electrons. The Hall–Kier alpha value is -2.13. The Bertz CT molecular complexity index is 1140. The molecule has 2 aliphatic rings. The molecule has 2 aromatic carbocycles. The van der Waals surface area contributed by atoms with Crippen LogP contribution in [0.2, 0.25) is 10.0 Å². The second-order valence-corrected chi connectivity index (χ2v) is 10.3. The molecule has 2 N–H and O–H groups in total. The van der Waals surface area contributed by atoms with E-state index in [1.54, 1.807) is 24.3 Å². The zero-order valence-corrected chi connectivity index (χ0v) is 18.8. The monoisotopic (exact) mass is 481 g/mol. The molecule has 0 aromatic heterocycles. The Morgan fingerprint density at radius 3 is 2.55 bits per heavy atom. The number of benzene rings is 2. The van der Waals surface area contributed by atoms with Gasteiger partial charge in [-0.15, -0.1) is 0 Å². The standard InChI is InChI=1S/C21H21Cl2N3O4S/c22-13-6-9-18(23)17(11-13)21(28)26-10-2-5-19(26)20(27)24-15-3-1-4-16(12-15)31(29,30)25-14-7-8-14/h1,3-4,6,9,11-12,14,19,25H,2,5,7-8,10H2,(H,24,27). The first-order valence-corrected chi connectivity index (χ1v) is 12.2. The summed E-state index contributed by atoms with van der Waals surface area (Å²) in [5, 5.41) is 3.39. The first kappa shape index (κ1) is 22.1. The molecule has 10 heteroatoms. The first-order chi connectivity index (χ1) is 14.7. The lowest BCUT2D eigenvalue weighted by Gasteiger charge is -2.24. The summed E-state index contributed by atoms with van der Waals surface area (Å²) in [5.74, 6) is -0.746. The minimum absolute atomic E-state index is 0.0142. The first-order valence-electron chi connectivity index (χ1n) is 9.94. The van der Waals surface area contributed by atoms with Gasteiger partial charge in [-0.05, 0) is 62.1 Å². The predicted molar refractivity (Wildman–Crippen MR) is 119 cm³/mol. The third-order valence-electron chi connectivity index (χ3n) is 5.29. The van der Waals surface area contributed by atoms with Gasteiger partial charge in [0.05, 0.1) is 15.5 Å². The Morgan fingerprint density at radius 1 is 1.03 bits per heavy atom. The highest BCUT2D eigenvalue weighted by atomic mass is 35.5. The molecule has 31 heavy (non-hydrogen) atoms. The fraction of sp³-hybridized carbons (Fsp3) is 0.333. The van der Waals surface area contributed by atoms with Crippen LogP contribution in [0.1, 0.15) is 36.0 Å². The molecule has 4 rings (SSSR count). The van der Waals surface area contributed by atoms with Crippen LogP contribution in [0, 0.1) is 0 Å². The van der Waals surface area contributed by atoms with Crippen molar-refractivity contribution in [2.75, 3.05) is 11.9 Å². The highest BCUT2D eigenvalue weighted by molar-refractivity contribution is 7.89. The molecule has 1 aliphatic heterocycles. The van der Waals surface area contributed by atoms with Crippen molar-refractivity contribution >= 4 is 50.7 Å². The molecule has 1 heterocycles. The molecule has 164 valence electrons. The summed E-state index contributed by atoms with van der Waals surface area (Å²) in [7, 11) is -3.64. The molecule has 1 saturated carbocycles. The SMILES string of the molecule is O=C(Nc1cccc(S(=O)(=O)NC2CC2)c1)C1CCCN1C(=O)c1cc(Cl)ccc1Cl. The van der Waals surface area contributed by atoms with Crippen molar-refractivity contribution < 1.29 is 18.0 Å². The Labute approximate surface area is 190 Å². The number of hydrogen-bond acceptors (Lipinski definition) is 4. The average Bonchev–Trinajstić information content (AvgIpc) is 3.39. The maximum atomic E-state index is 13.0. The van der Waals surface area contributed by atoms with E-state index in [0.29, 0.717) is 30.1 Å².